The molecule has 2 rings (SSSR count). The number of aromatic amines is 2. The average Bonchev–Trinajstić information content (AvgIpc) is 4.08. The summed E-state index contributed by atoms with van der Waals surface area (Å²) in [5, 5.41) is 41.2. The number of amides is 5. The first kappa shape index (κ1) is 62.7. The molecule has 409 valence electrons. The van der Waals surface area contributed by atoms with E-state index >= 15 is 0 Å². The van der Waals surface area contributed by atoms with E-state index in [-0.39, 0.29) is 83.2 Å². The van der Waals surface area contributed by atoms with Gasteiger partial charge in [-0.15, -0.1) is 0 Å². The summed E-state index contributed by atoms with van der Waals surface area (Å²) in [6.07, 6.45) is 26.0. The number of imidazole rings is 2. The van der Waals surface area contributed by atoms with Gasteiger partial charge in [-0.2, -0.15) is 0 Å². The predicted octanol–water partition coefficient (Wildman–Crippen LogP) is 2.35. The molecule has 2 heterocycles. The fraction of sp³-hybridized carbons (Fsp3) is 0.694. The standard InChI is InChI=1S/C49H81N12O12/c50-49(51)55-23-17-18-36(32-62)58-46(68)41(29-38-31-53-35-57-38)61-47(69)40(28-37-30-52-34-56-37)60-44(65)33-73-27-26-72-25-24-54-42(63)22-21-39(48(70)71)59-43(64)19-15-13-11-9-7-5-3-1-2-4-6-8-10-12-14-16-20-45(66)67/h30-31,34-36,39-41H,1-29,33H2,(H,52,56)(H,53,57)(H,54,63)(H,58,68)(H,59,64)(H,60,65)(H,61,69)(H,66,67)(H,70,71)(H4,50,51,55)/t36-,39-,40-,41-/m0/s1. The lowest BCUT2D eigenvalue weighted by Gasteiger charge is -2.23. The van der Waals surface area contributed by atoms with Crippen molar-refractivity contribution in [2.75, 3.05) is 39.5 Å². The van der Waals surface area contributed by atoms with Crippen molar-refractivity contribution in [3.8, 4) is 0 Å². The molecule has 73 heavy (non-hydrogen) atoms. The normalized spacial score (nSPS) is 12.7. The number of nitrogens with one attached hydrogen (secondary N) is 9. The molecule has 0 aromatic carbocycles. The first-order valence-electron chi connectivity index (χ1n) is 25.7. The highest BCUT2D eigenvalue weighted by molar-refractivity contribution is 5.93. The summed E-state index contributed by atoms with van der Waals surface area (Å²) in [6, 6.07) is -4.60. The average molecular weight is 1030 g/mol. The fourth-order valence-corrected chi connectivity index (χ4v) is 7.68. The van der Waals surface area contributed by atoms with E-state index < -0.39 is 66.3 Å². The molecular weight excluding hydrogens is 949 g/mol. The van der Waals surface area contributed by atoms with E-state index in [1.807, 2.05) is 0 Å². The lowest BCUT2D eigenvalue weighted by molar-refractivity contribution is -0.142. The fourth-order valence-electron chi connectivity index (χ4n) is 7.68. The minimum atomic E-state index is -1.22. The lowest BCUT2D eigenvalue weighted by Crippen LogP contribution is -2.56. The van der Waals surface area contributed by atoms with Crippen LogP contribution in [0.5, 0.6) is 0 Å². The molecule has 13 N–H and O–H groups in total. The molecule has 0 aliphatic rings. The van der Waals surface area contributed by atoms with Gasteiger partial charge in [0.05, 0.1) is 49.9 Å². The number of aromatic nitrogens is 4. The van der Waals surface area contributed by atoms with Gasteiger partial charge in [0.2, 0.25) is 35.8 Å². The number of guanidine groups is 1. The number of rotatable bonds is 46. The molecule has 0 aliphatic carbocycles. The minimum Gasteiger partial charge on any atom is -0.481 e. The van der Waals surface area contributed by atoms with Gasteiger partial charge < -0.3 is 67.3 Å². The van der Waals surface area contributed by atoms with Crippen molar-refractivity contribution >= 4 is 53.7 Å². The number of hydrogen-bond donors (Lipinski definition) is 12. The van der Waals surface area contributed by atoms with Gasteiger partial charge in [0.1, 0.15) is 24.7 Å². The molecular formula is C49H81N12O12. The molecule has 5 amide bonds. The monoisotopic (exact) mass is 1030 g/mol. The van der Waals surface area contributed by atoms with Crippen LogP contribution >= 0.6 is 0 Å². The maximum Gasteiger partial charge on any atom is 0.326 e. The number of unbranched alkanes of at least 4 members (excludes halogenated alkanes) is 15. The van der Waals surface area contributed by atoms with Crippen LogP contribution in [0.15, 0.2) is 25.0 Å². The van der Waals surface area contributed by atoms with E-state index in [0.29, 0.717) is 30.8 Å². The van der Waals surface area contributed by atoms with Crippen LogP contribution in [0.3, 0.4) is 0 Å². The third-order valence-corrected chi connectivity index (χ3v) is 11.7. The molecule has 0 fully saturated rings. The molecule has 0 aliphatic heterocycles. The van der Waals surface area contributed by atoms with Crippen molar-refractivity contribution in [2.45, 2.75) is 178 Å². The Labute approximate surface area is 427 Å². The molecule has 2 aromatic rings. The summed E-state index contributed by atoms with van der Waals surface area (Å²) >= 11 is 0. The zero-order chi connectivity index (χ0) is 53.3. The van der Waals surface area contributed by atoms with Crippen molar-refractivity contribution in [1.29, 1.82) is 5.41 Å². The summed E-state index contributed by atoms with van der Waals surface area (Å²) in [6.45, 7) is 0.133. The molecule has 0 bridgehead atoms. The van der Waals surface area contributed by atoms with Crippen LogP contribution < -0.4 is 37.6 Å². The van der Waals surface area contributed by atoms with Crippen LogP contribution in [0, 0.1) is 5.41 Å². The highest BCUT2D eigenvalue weighted by Gasteiger charge is 2.30. The molecule has 24 nitrogen and oxygen atoms in total. The summed E-state index contributed by atoms with van der Waals surface area (Å²) in [7, 11) is 0. The second-order valence-electron chi connectivity index (χ2n) is 17.9. The number of hydrogen-bond acceptors (Lipinski definition) is 13. The second-order valence-corrected chi connectivity index (χ2v) is 17.9. The maximum absolute atomic E-state index is 13.7. The third kappa shape index (κ3) is 33.0. The molecule has 0 saturated heterocycles. The number of aliphatic carboxylic acids is 2. The van der Waals surface area contributed by atoms with Gasteiger partial charge in [-0.3, -0.25) is 39.0 Å². The van der Waals surface area contributed by atoms with E-state index in [0.717, 1.165) is 44.9 Å². The molecule has 24 heteroatoms. The maximum atomic E-state index is 13.7. The second kappa shape index (κ2) is 40.1. The van der Waals surface area contributed by atoms with E-state index in [1.54, 1.807) is 18.7 Å². The number of carboxylic acid groups (broad SMARTS) is 2. The van der Waals surface area contributed by atoms with Crippen LogP contribution in [0.4, 0.5) is 0 Å². The first-order chi connectivity index (χ1) is 35.3. The van der Waals surface area contributed by atoms with Crippen molar-refractivity contribution in [3.05, 3.63) is 36.4 Å². The summed E-state index contributed by atoms with van der Waals surface area (Å²) in [5.41, 5.74) is 6.18. The van der Waals surface area contributed by atoms with Crippen LogP contribution in [0.25, 0.3) is 0 Å². The Morgan fingerprint density at radius 1 is 0.575 bits per heavy atom. The minimum absolute atomic E-state index is 0.00674. The highest BCUT2D eigenvalue weighted by Crippen LogP contribution is 2.15. The first-order valence-corrected chi connectivity index (χ1v) is 25.7. The molecule has 2 aromatic heterocycles. The van der Waals surface area contributed by atoms with E-state index in [4.69, 9.17) is 25.7 Å². The Hall–Kier alpha value is -6.43. The molecule has 0 saturated carbocycles. The van der Waals surface area contributed by atoms with Gasteiger partial charge in [-0.1, -0.05) is 89.9 Å². The van der Waals surface area contributed by atoms with Crippen LogP contribution in [0.2, 0.25) is 0 Å². The molecule has 0 spiro atoms. The third-order valence-electron chi connectivity index (χ3n) is 11.7. The lowest BCUT2D eigenvalue weighted by atomic mass is 10.0. The van der Waals surface area contributed by atoms with Gasteiger partial charge in [-0.25, -0.2) is 14.8 Å². The number of H-pyrrole nitrogens is 2. The van der Waals surface area contributed by atoms with E-state index in [1.165, 1.54) is 64.0 Å². The van der Waals surface area contributed by atoms with Crippen molar-refractivity contribution < 1.29 is 58.0 Å². The summed E-state index contributed by atoms with van der Waals surface area (Å²) in [4.78, 5) is 113. The number of nitrogens with two attached hydrogens (primary N) is 1. The van der Waals surface area contributed by atoms with Crippen molar-refractivity contribution in [3.63, 3.8) is 0 Å². The van der Waals surface area contributed by atoms with Gasteiger partial charge in [0.15, 0.2) is 5.96 Å². The quantitative estimate of drug-likeness (QED) is 0.0257. The summed E-state index contributed by atoms with van der Waals surface area (Å²) < 4.78 is 10.9. The van der Waals surface area contributed by atoms with Crippen LogP contribution in [0.1, 0.15) is 153 Å². The zero-order valence-electron chi connectivity index (χ0n) is 42.3. The van der Waals surface area contributed by atoms with E-state index in [2.05, 4.69) is 51.8 Å². The van der Waals surface area contributed by atoms with Crippen molar-refractivity contribution in [1.82, 2.24) is 51.8 Å². The van der Waals surface area contributed by atoms with Gasteiger partial charge >= 0.3 is 11.9 Å². The molecule has 4 atom stereocenters. The number of carboxylic acids is 2. The Bertz CT molecular complexity index is 1890. The number of carbonyl (C=O) groups excluding carboxylic acids is 6. The Morgan fingerprint density at radius 2 is 1.08 bits per heavy atom. The van der Waals surface area contributed by atoms with Gasteiger partial charge in [0, 0.05) is 57.6 Å². The molecule has 0 unspecified atom stereocenters. The van der Waals surface area contributed by atoms with Gasteiger partial charge in [0.25, 0.3) is 0 Å². The number of ether oxygens (including phenoxy) is 2. The van der Waals surface area contributed by atoms with Crippen LogP contribution in [-0.4, -0.2) is 148 Å². The van der Waals surface area contributed by atoms with E-state index in [9.17, 15) is 43.5 Å². The zero-order valence-corrected chi connectivity index (χ0v) is 42.3. The van der Waals surface area contributed by atoms with Crippen molar-refractivity contribution in [2.24, 2.45) is 5.73 Å². The summed E-state index contributed by atoms with van der Waals surface area (Å²) in [5.74, 6) is -4.97. The number of carbonyl (C=O) groups is 7. The topological polar surface area (TPSA) is 375 Å². The predicted molar refractivity (Wildman–Crippen MR) is 269 cm³/mol. The van der Waals surface area contributed by atoms with Gasteiger partial charge in [-0.05, 0) is 32.1 Å². The number of nitrogens with zero attached hydrogens (tertiary/aromatic N) is 2. The Morgan fingerprint density at radius 3 is 1.59 bits per heavy atom. The Balaban J connectivity index is 1.61. The molecule has 1 radical (unpaired) electrons. The Kier molecular flexibility index (Phi) is 34.4. The largest absolute Gasteiger partial charge is 0.481 e. The smallest absolute Gasteiger partial charge is 0.326 e. The SMILES string of the molecule is N=C(N)NCCC[C@@H]([C]=O)NC(=O)[C@H](Cc1c[nH]cn1)NC(=O)[C@H](Cc1c[nH]cn1)NC(=O)COCCOCCNC(=O)CC[C@H](NC(=O)CCCCCCCCCCCCCCCCCCC(=O)O)C(=O)O. The highest BCUT2D eigenvalue weighted by atomic mass is 16.5. The van der Waals surface area contributed by atoms with Crippen LogP contribution in [-0.2, 0) is 60.7 Å².